The molecule has 0 aliphatic heterocycles. The monoisotopic (exact) mass is 468 g/mol. The number of carbonyl (C=O) groups is 3. The minimum absolute atomic E-state index is 0.200. The maximum Gasteiger partial charge on any atom is 0.255 e. The van der Waals surface area contributed by atoms with Crippen molar-refractivity contribution in [2.24, 2.45) is 5.92 Å². The molecule has 178 valence electrons. The standard InChI is InChI=1S/C28H28N4O3/c1-18(2)26(33)32-25(15-20-17-29-24-14-7-6-13-23(20)24)28(35)31-22-12-8-11-21(16-22)30-27(34)19-9-4-3-5-10-19/h3-14,16-18,25,29H,15H2,1-2H3,(H,30,34)(H,31,35)(H,32,33). The first-order chi connectivity index (χ1) is 16.9. The number of aromatic nitrogens is 1. The lowest BCUT2D eigenvalue weighted by Crippen LogP contribution is -2.46. The number of hydrogen-bond donors (Lipinski definition) is 4. The molecule has 1 aromatic heterocycles. The first-order valence-electron chi connectivity index (χ1n) is 11.5. The summed E-state index contributed by atoms with van der Waals surface area (Å²) in [7, 11) is 0. The Hall–Kier alpha value is -4.39. The van der Waals surface area contributed by atoms with Gasteiger partial charge >= 0.3 is 0 Å². The average Bonchev–Trinajstić information content (AvgIpc) is 3.27. The summed E-state index contributed by atoms with van der Waals surface area (Å²) in [6, 6.07) is 22.9. The van der Waals surface area contributed by atoms with E-state index >= 15 is 0 Å². The predicted molar refractivity (Wildman–Crippen MR) is 138 cm³/mol. The third-order valence-corrected chi connectivity index (χ3v) is 5.68. The number of anilines is 2. The summed E-state index contributed by atoms with van der Waals surface area (Å²) in [6.45, 7) is 3.57. The Morgan fingerprint density at radius 1 is 0.800 bits per heavy atom. The molecule has 0 saturated heterocycles. The van der Waals surface area contributed by atoms with Crippen molar-refractivity contribution >= 4 is 40.0 Å². The average molecular weight is 469 g/mol. The molecule has 1 unspecified atom stereocenters. The van der Waals surface area contributed by atoms with Crippen molar-refractivity contribution in [2.45, 2.75) is 26.3 Å². The van der Waals surface area contributed by atoms with Crippen LogP contribution in [0.2, 0.25) is 0 Å². The van der Waals surface area contributed by atoms with E-state index in [1.807, 2.05) is 36.5 Å². The fourth-order valence-electron chi connectivity index (χ4n) is 3.76. The van der Waals surface area contributed by atoms with Crippen LogP contribution >= 0.6 is 0 Å². The van der Waals surface area contributed by atoms with Crippen molar-refractivity contribution in [3.05, 3.63) is 96.2 Å². The Labute approximate surface area is 203 Å². The van der Waals surface area contributed by atoms with Gasteiger partial charge in [-0.05, 0) is 42.0 Å². The van der Waals surface area contributed by atoms with Gasteiger partial charge in [-0.2, -0.15) is 0 Å². The van der Waals surface area contributed by atoms with Gasteiger partial charge in [0.25, 0.3) is 5.91 Å². The molecule has 0 saturated carbocycles. The van der Waals surface area contributed by atoms with Crippen LogP contribution in [0.5, 0.6) is 0 Å². The first-order valence-corrected chi connectivity index (χ1v) is 11.5. The Balaban J connectivity index is 1.50. The van der Waals surface area contributed by atoms with E-state index < -0.39 is 6.04 Å². The van der Waals surface area contributed by atoms with Crippen molar-refractivity contribution in [3.8, 4) is 0 Å². The molecule has 3 amide bonds. The van der Waals surface area contributed by atoms with Gasteiger partial charge in [-0.1, -0.05) is 56.3 Å². The molecule has 0 aliphatic rings. The van der Waals surface area contributed by atoms with Gasteiger partial charge in [0, 0.05) is 46.4 Å². The minimum atomic E-state index is -0.772. The van der Waals surface area contributed by atoms with E-state index in [1.165, 1.54) is 0 Å². The van der Waals surface area contributed by atoms with Gasteiger partial charge in [0.1, 0.15) is 6.04 Å². The van der Waals surface area contributed by atoms with E-state index in [4.69, 9.17) is 0 Å². The van der Waals surface area contributed by atoms with Crippen molar-refractivity contribution in [3.63, 3.8) is 0 Å². The summed E-state index contributed by atoms with van der Waals surface area (Å²) >= 11 is 0. The number of carbonyl (C=O) groups excluding carboxylic acids is 3. The highest BCUT2D eigenvalue weighted by atomic mass is 16.2. The molecular formula is C28H28N4O3. The van der Waals surface area contributed by atoms with Gasteiger partial charge < -0.3 is 20.9 Å². The van der Waals surface area contributed by atoms with Crippen LogP contribution < -0.4 is 16.0 Å². The van der Waals surface area contributed by atoms with Crippen LogP contribution in [-0.2, 0) is 16.0 Å². The fourth-order valence-corrected chi connectivity index (χ4v) is 3.76. The third-order valence-electron chi connectivity index (χ3n) is 5.68. The second-order valence-corrected chi connectivity index (χ2v) is 8.67. The maximum atomic E-state index is 13.3. The van der Waals surface area contributed by atoms with Crippen LogP contribution in [-0.4, -0.2) is 28.7 Å². The summed E-state index contributed by atoms with van der Waals surface area (Å²) in [5.74, 6) is -1.04. The molecule has 7 heteroatoms. The highest BCUT2D eigenvalue weighted by molar-refractivity contribution is 6.05. The predicted octanol–water partition coefficient (Wildman–Crippen LogP) is 4.74. The molecule has 0 aliphatic carbocycles. The van der Waals surface area contributed by atoms with Gasteiger partial charge in [0.2, 0.25) is 11.8 Å². The highest BCUT2D eigenvalue weighted by Crippen LogP contribution is 2.21. The topological polar surface area (TPSA) is 103 Å². The minimum Gasteiger partial charge on any atom is -0.361 e. The van der Waals surface area contributed by atoms with Gasteiger partial charge in [-0.15, -0.1) is 0 Å². The van der Waals surface area contributed by atoms with Gasteiger partial charge in [-0.25, -0.2) is 0 Å². The normalized spacial score (nSPS) is 11.7. The van der Waals surface area contributed by atoms with Crippen LogP contribution in [0.3, 0.4) is 0 Å². The Kier molecular flexibility index (Phi) is 7.26. The van der Waals surface area contributed by atoms with Crippen molar-refractivity contribution < 1.29 is 14.4 Å². The van der Waals surface area contributed by atoms with E-state index in [0.29, 0.717) is 23.4 Å². The summed E-state index contributed by atoms with van der Waals surface area (Å²) in [4.78, 5) is 41.4. The molecule has 1 heterocycles. The summed E-state index contributed by atoms with van der Waals surface area (Å²) in [6.07, 6.45) is 2.20. The Bertz CT molecular complexity index is 1340. The van der Waals surface area contributed by atoms with Crippen molar-refractivity contribution in [1.29, 1.82) is 0 Å². The van der Waals surface area contributed by atoms with Crippen LogP contribution in [0.15, 0.2) is 85.1 Å². The molecule has 1 atom stereocenters. The molecule has 4 N–H and O–H groups in total. The molecule has 7 nitrogen and oxygen atoms in total. The van der Waals surface area contributed by atoms with Gasteiger partial charge in [0.15, 0.2) is 0 Å². The second kappa shape index (κ2) is 10.7. The molecular weight excluding hydrogens is 440 g/mol. The lowest BCUT2D eigenvalue weighted by atomic mass is 10.0. The lowest BCUT2D eigenvalue weighted by molar-refractivity contribution is -0.128. The number of hydrogen-bond acceptors (Lipinski definition) is 3. The maximum absolute atomic E-state index is 13.3. The third kappa shape index (κ3) is 5.95. The smallest absolute Gasteiger partial charge is 0.255 e. The number of benzene rings is 3. The summed E-state index contributed by atoms with van der Waals surface area (Å²) in [5, 5.41) is 9.61. The SMILES string of the molecule is CC(C)C(=O)NC(Cc1c[nH]c2ccccc12)C(=O)Nc1cccc(NC(=O)c2ccccc2)c1. The molecule has 0 radical (unpaired) electrons. The summed E-state index contributed by atoms with van der Waals surface area (Å²) in [5.41, 5.74) is 3.52. The highest BCUT2D eigenvalue weighted by Gasteiger charge is 2.24. The number of fused-ring (bicyclic) bond motifs is 1. The lowest BCUT2D eigenvalue weighted by Gasteiger charge is -2.20. The molecule has 4 aromatic rings. The molecule has 0 spiro atoms. The molecule has 0 bridgehead atoms. The molecule has 0 fully saturated rings. The second-order valence-electron chi connectivity index (χ2n) is 8.67. The van der Waals surface area contributed by atoms with Gasteiger partial charge in [0.05, 0.1) is 0 Å². The van der Waals surface area contributed by atoms with Crippen LogP contribution in [0, 0.1) is 5.92 Å². The Morgan fingerprint density at radius 3 is 2.23 bits per heavy atom. The zero-order valence-electron chi connectivity index (χ0n) is 19.7. The number of nitrogens with one attached hydrogen (secondary N) is 4. The van der Waals surface area contributed by atoms with Gasteiger partial charge in [-0.3, -0.25) is 14.4 Å². The zero-order chi connectivity index (χ0) is 24.8. The molecule has 4 rings (SSSR count). The van der Waals surface area contributed by atoms with Crippen LogP contribution in [0.1, 0.15) is 29.8 Å². The van der Waals surface area contributed by atoms with E-state index in [-0.39, 0.29) is 23.6 Å². The number of amides is 3. The van der Waals surface area contributed by atoms with E-state index in [0.717, 1.165) is 16.5 Å². The number of para-hydroxylation sites is 1. The fraction of sp³-hybridized carbons (Fsp3) is 0.179. The Morgan fingerprint density at radius 2 is 1.49 bits per heavy atom. The van der Waals surface area contributed by atoms with Crippen molar-refractivity contribution in [1.82, 2.24) is 10.3 Å². The van der Waals surface area contributed by atoms with E-state index in [9.17, 15) is 14.4 Å². The molecule has 3 aromatic carbocycles. The molecule has 35 heavy (non-hydrogen) atoms. The number of H-pyrrole nitrogens is 1. The van der Waals surface area contributed by atoms with Crippen LogP contribution in [0.25, 0.3) is 10.9 Å². The quantitative estimate of drug-likeness (QED) is 0.300. The first kappa shape index (κ1) is 23.8. The van der Waals surface area contributed by atoms with E-state index in [1.54, 1.807) is 62.4 Å². The largest absolute Gasteiger partial charge is 0.361 e. The summed E-state index contributed by atoms with van der Waals surface area (Å²) < 4.78 is 0. The zero-order valence-corrected chi connectivity index (χ0v) is 19.7. The van der Waals surface area contributed by atoms with Crippen LogP contribution in [0.4, 0.5) is 11.4 Å². The van der Waals surface area contributed by atoms with Crippen molar-refractivity contribution in [2.75, 3.05) is 10.6 Å². The number of rotatable bonds is 8. The van der Waals surface area contributed by atoms with E-state index in [2.05, 4.69) is 20.9 Å². The number of aromatic amines is 1.